The molecule has 3 aromatic rings. The maximum absolute atomic E-state index is 14.0. The van der Waals surface area contributed by atoms with Gasteiger partial charge in [0.25, 0.3) is 0 Å². The largest absolute Gasteiger partial charge is 0.497 e. The van der Waals surface area contributed by atoms with Crippen LogP contribution in [0, 0.1) is 5.41 Å². The standard InChI is InChI=1S/C31H27NO3/c1-31(2)17-24-27(25(33)18-31)26(19-9-5-4-6-10-19)28-29(22-11-7-8-12-23(22)30(28)34)32(24)20-13-15-21(35-3)16-14-20/h4-16,26H,17-18H2,1-3H3/t26-/m0/s1. The summed E-state index contributed by atoms with van der Waals surface area (Å²) >= 11 is 0. The number of anilines is 1. The summed E-state index contributed by atoms with van der Waals surface area (Å²) < 4.78 is 5.40. The number of carbonyl (C=O) groups excluding carboxylic acids is 2. The number of hydrogen-bond acceptors (Lipinski definition) is 4. The zero-order chi connectivity index (χ0) is 24.3. The summed E-state index contributed by atoms with van der Waals surface area (Å²) in [6.07, 6.45) is 1.21. The lowest BCUT2D eigenvalue weighted by atomic mass is 9.68. The summed E-state index contributed by atoms with van der Waals surface area (Å²) in [5, 5.41) is 0. The van der Waals surface area contributed by atoms with Crippen LogP contribution in [0.2, 0.25) is 0 Å². The van der Waals surface area contributed by atoms with Crippen LogP contribution in [0.25, 0.3) is 5.70 Å². The van der Waals surface area contributed by atoms with Crippen molar-refractivity contribution in [2.75, 3.05) is 12.0 Å². The van der Waals surface area contributed by atoms with E-state index in [1.165, 1.54) is 0 Å². The van der Waals surface area contributed by atoms with Gasteiger partial charge in [-0.05, 0) is 41.7 Å². The zero-order valence-electron chi connectivity index (χ0n) is 20.2. The van der Waals surface area contributed by atoms with Gasteiger partial charge in [0, 0.05) is 46.0 Å². The quantitative estimate of drug-likeness (QED) is 0.444. The van der Waals surface area contributed by atoms with Gasteiger partial charge in [0.05, 0.1) is 12.8 Å². The van der Waals surface area contributed by atoms with Crippen LogP contribution in [-0.2, 0) is 4.79 Å². The van der Waals surface area contributed by atoms with Gasteiger partial charge in [-0.1, -0.05) is 68.4 Å². The van der Waals surface area contributed by atoms with Crippen LogP contribution in [0.15, 0.2) is 95.7 Å². The van der Waals surface area contributed by atoms with Gasteiger partial charge < -0.3 is 9.64 Å². The second-order valence-corrected chi connectivity index (χ2v) is 10.3. The van der Waals surface area contributed by atoms with Crippen LogP contribution < -0.4 is 9.64 Å². The number of ketones is 2. The molecule has 35 heavy (non-hydrogen) atoms. The van der Waals surface area contributed by atoms with Gasteiger partial charge >= 0.3 is 0 Å². The first-order valence-electron chi connectivity index (χ1n) is 12.0. The van der Waals surface area contributed by atoms with Crippen molar-refractivity contribution in [3.8, 4) is 5.75 Å². The van der Waals surface area contributed by atoms with E-state index in [-0.39, 0.29) is 22.9 Å². The van der Waals surface area contributed by atoms with Crippen molar-refractivity contribution in [2.24, 2.45) is 5.41 Å². The van der Waals surface area contributed by atoms with Crippen LogP contribution in [0.1, 0.15) is 54.1 Å². The van der Waals surface area contributed by atoms with Gasteiger partial charge in [0.1, 0.15) is 5.75 Å². The molecule has 3 aliphatic rings. The molecule has 0 N–H and O–H groups in total. The zero-order valence-corrected chi connectivity index (χ0v) is 20.2. The second-order valence-electron chi connectivity index (χ2n) is 10.3. The Morgan fingerprint density at radius 1 is 0.800 bits per heavy atom. The summed E-state index contributed by atoms with van der Waals surface area (Å²) in [7, 11) is 1.65. The fourth-order valence-corrected chi connectivity index (χ4v) is 5.90. The molecular formula is C31H27NO3. The van der Waals surface area contributed by atoms with Crippen molar-refractivity contribution in [2.45, 2.75) is 32.6 Å². The van der Waals surface area contributed by atoms with E-state index in [2.05, 4.69) is 18.7 Å². The summed E-state index contributed by atoms with van der Waals surface area (Å²) in [4.78, 5) is 30.0. The van der Waals surface area contributed by atoms with Crippen LogP contribution in [0.3, 0.4) is 0 Å². The van der Waals surface area contributed by atoms with Gasteiger partial charge in [-0.2, -0.15) is 0 Å². The smallest absolute Gasteiger partial charge is 0.192 e. The van der Waals surface area contributed by atoms with Crippen LogP contribution >= 0.6 is 0 Å². The SMILES string of the molecule is COc1ccc(N2C3=C(C(=O)CC(C)(C)C3)[C@H](c3ccccc3)C3=C2c2ccccc2C3=O)cc1. The number of hydrogen-bond donors (Lipinski definition) is 0. The normalized spacial score (nSPS) is 20.5. The van der Waals surface area contributed by atoms with E-state index in [4.69, 9.17) is 4.74 Å². The molecule has 1 aliphatic heterocycles. The Hall–Kier alpha value is -3.92. The Morgan fingerprint density at radius 2 is 1.46 bits per heavy atom. The molecule has 4 heteroatoms. The minimum Gasteiger partial charge on any atom is -0.497 e. The first-order chi connectivity index (χ1) is 16.9. The monoisotopic (exact) mass is 461 g/mol. The number of rotatable bonds is 3. The lowest BCUT2D eigenvalue weighted by Crippen LogP contribution is -2.39. The average Bonchev–Trinajstić information content (AvgIpc) is 3.15. The molecule has 0 saturated carbocycles. The highest BCUT2D eigenvalue weighted by atomic mass is 16.5. The molecule has 2 aliphatic carbocycles. The van der Waals surface area contributed by atoms with Crippen LogP contribution in [-0.4, -0.2) is 18.7 Å². The third kappa shape index (κ3) is 3.28. The number of benzene rings is 3. The van der Waals surface area contributed by atoms with Gasteiger partial charge in [-0.25, -0.2) is 0 Å². The van der Waals surface area contributed by atoms with Crippen molar-refractivity contribution < 1.29 is 14.3 Å². The van der Waals surface area contributed by atoms with Crippen LogP contribution in [0.5, 0.6) is 5.75 Å². The van der Waals surface area contributed by atoms with E-state index in [0.29, 0.717) is 17.6 Å². The molecule has 1 heterocycles. The minimum absolute atomic E-state index is 0.00662. The van der Waals surface area contributed by atoms with Crippen molar-refractivity contribution in [3.63, 3.8) is 0 Å². The van der Waals surface area contributed by atoms with E-state index < -0.39 is 0 Å². The molecule has 0 saturated heterocycles. The highest BCUT2D eigenvalue weighted by Crippen LogP contribution is 2.56. The van der Waals surface area contributed by atoms with Crippen molar-refractivity contribution in [3.05, 3.63) is 112 Å². The Bertz CT molecular complexity index is 1430. The van der Waals surface area contributed by atoms with E-state index in [1.54, 1.807) is 7.11 Å². The predicted molar refractivity (Wildman–Crippen MR) is 137 cm³/mol. The van der Waals surface area contributed by atoms with Crippen molar-refractivity contribution in [1.82, 2.24) is 0 Å². The molecule has 0 radical (unpaired) electrons. The maximum atomic E-state index is 14.0. The average molecular weight is 462 g/mol. The topological polar surface area (TPSA) is 46.6 Å². The number of methoxy groups -OCH3 is 1. The number of carbonyl (C=O) groups is 2. The highest BCUT2D eigenvalue weighted by Gasteiger charge is 2.49. The molecule has 0 unspecified atom stereocenters. The molecule has 4 nitrogen and oxygen atoms in total. The number of Topliss-reactive ketones (excluding diaryl/α,β-unsaturated/α-hetero) is 2. The molecule has 1 atom stereocenters. The Morgan fingerprint density at radius 3 is 2.14 bits per heavy atom. The fraction of sp³-hybridized carbons (Fsp3) is 0.226. The number of ether oxygens (including phenoxy) is 1. The summed E-state index contributed by atoms with van der Waals surface area (Å²) in [6, 6.07) is 25.7. The molecule has 6 rings (SSSR count). The van der Waals surface area contributed by atoms with Crippen LogP contribution in [0.4, 0.5) is 5.69 Å². The maximum Gasteiger partial charge on any atom is 0.192 e. The summed E-state index contributed by atoms with van der Waals surface area (Å²) in [5.41, 5.74) is 6.69. The third-order valence-corrected chi connectivity index (χ3v) is 7.36. The fourth-order valence-electron chi connectivity index (χ4n) is 5.90. The molecular weight excluding hydrogens is 434 g/mol. The van der Waals surface area contributed by atoms with E-state index in [9.17, 15) is 9.59 Å². The minimum atomic E-state index is -0.376. The van der Waals surface area contributed by atoms with Crippen molar-refractivity contribution in [1.29, 1.82) is 0 Å². The Balaban J connectivity index is 1.68. The highest BCUT2D eigenvalue weighted by molar-refractivity contribution is 6.25. The molecule has 0 aromatic heterocycles. The van der Waals surface area contributed by atoms with E-state index >= 15 is 0 Å². The van der Waals surface area contributed by atoms with Gasteiger partial charge in [0.15, 0.2) is 11.6 Å². The predicted octanol–water partition coefficient (Wildman–Crippen LogP) is 6.55. The molecule has 0 fully saturated rings. The number of fused-ring (bicyclic) bond motifs is 2. The Kier molecular flexibility index (Phi) is 4.82. The molecule has 174 valence electrons. The van der Waals surface area contributed by atoms with E-state index in [1.807, 2.05) is 78.9 Å². The molecule has 0 spiro atoms. The van der Waals surface area contributed by atoms with Gasteiger partial charge in [-0.15, -0.1) is 0 Å². The first kappa shape index (κ1) is 21.6. The summed E-state index contributed by atoms with van der Waals surface area (Å²) in [5.74, 6) is 0.518. The lowest BCUT2D eigenvalue weighted by molar-refractivity contribution is -0.118. The van der Waals surface area contributed by atoms with E-state index in [0.717, 1.165) is 46.0 Å². The second kappa shape index (κ2) is 7.81. The van der Waals surface area contributed by atoms with Crippen molar-refractivity contribution >= 4 is 23.0 Å². The number of nitrogens with zero attached hydrogens (tertiary/aromatic N) is 1. The third-order valence-electron chi connectivity index (χ3n) is 7.36. The number of allylic oxidation sites excluding steroid dienone is 3. The first-order valence-corrected chi connectivity index (χ1v) is 12.0. The van der Waals surface area contributed by atoms with Gasteiger partial charge in [0.2, 0.25) is 0 Å². The van der Waals surface area contributed by atoms with Gasteiger partial charge in [-0.3, -0.25) is 9.59 Å². The lowest BCUT2D eigenvalue weighted by Gasteiger charge is -2.44. The molecule has 0 amide bonds. The molecule has 0 bridgehead atoms. The molecule has 3 aromatic carbocycles. The Labute approximate surface area is 205 Å². The summed E-state index contributed by atoms with van der Waals surface area (Å²) in [6.45, 7) is 4.30.